The first-order valence-corrected chi connectivity index (χ1v) is 8.45. The van der Waals surface area contributed by atoms with Crippen LogP contribution in [0.1, 0.15) is 6.42 Å². The molecule has 23 heavy (non-hydrogen) atoms. The first-order chi connectivity index (χ1) is 11.3. The minimum atomic E-state index is -0.174. The van der Waals surface area contributed by atoms with E-state index < -0.39 is 0 Å². The Morgan fingerprint density at radius 1 is 0.913 bits per heavy atom. The van der Waals surface area contributed by atoms with Crippen LogP contribution >= 0.6 is 0 Å². The number of rotatable bonds is 4. The van der Waals surface area contributed by atoms with E-state index in [1.54, 1.807) is 12.1 Å². The largest absolute Gasteiger partial charge is 0.426 e. The average Bonchev–Trinajstić information content (AvgIpc) is 2.55. The van der Waals surface area contributed by atoms with Gasteiger partial charge in [-0.1, -0.05) is 18.2 Å². The maximum Gasteiger partial charge on any atom is 0.312 e. The first kappa shape index (κ1) is 17.9. The highest BCUT2D eigenvalue weighted by Gasteiger charge is 2.10. The molecule has 0 atom stereocenters. The lowest BCUT2D eigenvalue weighted by Gasteiger charge is -2.23. The van der Waals surface area contributed by atoms with E-state index in [2.05, 4.69) is 20.9 Å². The van der Waals surface area contributed by atoms with E-state index in [9.17, 15) is 4.79 Å². The number of nitrogens with one attached hydrogen (secondary N) is 3. The Morgan fingerprint density at radius 3 is 2.09 bits per heavy atom. The van der Waals surface area contributed by atoms with Crippen molar-refractivity contribution in [3.05, 3.63) is 30.3 Å². The fourth-order valence-corrected chi connectivity index (χ4v) is 2.46. The molecule has 0 spiro atoms. The van der Waals surface area contributed by atoms with E-state index in [1.807, 2.05) is 18.2 Å². The summed E-state index contributed by atoms with van der Waals surface area (Å²) in [5, 5.41) is 10.2. The van der Waals surface area contributed by atoms with E-state index >= 15 is 0 Å². The van der Waals surface area contributed by atoms with Crippen molar-refractivity contribution in [2.75, 3.05) is 58.9 Å². The van der Waals surface area contributed by atoms with Crippen LogP contribution in [0.5, 0.6) is 5.75 Å². The van der Waals surface area contributed by atoms with Crippen LogP contribution in [0.4, 0.5) is 0 Å². The predicted octanol–water partition coefficient (Wildman–Crippen LogP) is 0.0665. The summed E-state index contributed by atoms with van der Waals surface area (Å²) < 4.78 is 5.34. The fraction of sp³-hybridized carbons (Fsp3) is 0.588. The van der Waals surface area contributed by atoms with E-state index in [0.717, 1.165) is 58.9 Å². The third-order valence-corrected chi connectivity index (χ3v) is 3.77. The summed E-state index contributed by atoms with van der Waals surface area (Å²) in [7, 11) is 0. The molecule has 1 aromatic rings. The lowest BCUT2D eigenvalue weighted by atomic mass is 10.3. The normalized spacial score (nSPS) is 18.6. The lowest BCUT2D eigenvalue weighted by Crippen LogP contribution is -2.42. The number of carbonyl (C=O) groups is 1. The topological polar surface area (TPSA) is 65.6 Å². The van der Waals surface area contributed by atoms with Crippen LogP contribution in [-0.4, -0.2) is 69.8 Å². The van der Waals surface area contributed by atoms with Gasteiger partial charge in [0.25, 0.3) is 0 Å². The molecule has 1 aliphatic heterocycles. The highest BCUT2D eigenvalue weighted by Crippen LogP contribution is 2.09. The Labute approximate surface area is 138 Å². The summed E-state index contributed by atoms with van der Waals surface area (Å²) >= 11 is 0. The molecular weight excluding hydrogens is 292 g/mol. The van der Waals surface area contributed by atoms with Gasteiger partial charge in [-0.15, -0.1) is 0 Å². The Bertz CT molecular complexity index is 429. The monoisotopic (exact) mass is 320 g/mol. The molecule has 1 saturated heterocycles. The zero-order valence-corrected chi connectivity index (χ0v) is 13.7. The van der Waals surface area contributed by atoms with Crippen LogP contribution in [0.15, 0.2) is 30.3 Å². The van der Waals surface area contributed by atoms with Gasteiger partial charge in [0.05, 0.1) is 6.42 Å². The van der Waals surface area contributed by atoms with Gasteiger partial charge in [-0.25, -0.2) is 0 Å². The quantitative estimate of drug-likeness (QED) is 0.539. The van der Waals surface area contributed by atoms with Crippen molar-refractivity contribution in [3.8, 4) is 5.75 Å². The van der Waals surface area contributed by atoms with Crippen LogP contribution in [0.3, 0.4) is 0 Å². The Morgan fingerprint density at radius 2 is 1.48 bits per heavy atom. The zero-order valence-electron chi connectivity index (χ0n) is 13.7. The minimum Gasteiger partial charge on any atom is -0.426 e. The predicted molar refractivity (Wildman–Crippen MR) is 91.7 cm³/mol. The maximum absolute atomic E-state index is 11.9. The molecule has 3 N–H and O–H groups in total. The molecule has 2 rings (SSSR count). The van der Waals surface area contributed by atoms with Gasteiger partial charge in [-0.3, -0.25) is 4.79 Å². The summed E-state index contributed by atoms with van der Waals surface area (Å²) in [5.74, 6) is 0.439. The van der Waals surface area contributed by atoms with Crippen molar-refractivity contribution in [2.45, 2.75) is 6.42 Å². The number of nitrogens with zero attached hydrogens (tertiary/aromatic N) is 1. The molecule has 0 unspecified atom stereocenters. The van der Waals surface area contributed by atoms with E-state index in [4.69, 9.17) is 4.74 Å². The molecule has 0 aliphatic carbocycles. The van der Waals surface area contributed by atoms with Gasteiger partial charge >= 0.3 is 5.97 Å². The average molecular weight is 320 g/mol. The first-order valence-electron chi connectivity index (χ1n) is 8.45. The molecule has 1 heterocycles. The number of hydrogen-bond donors (Lipinski definition) is 3. The van der Waals surface area contributed by atoms with Crippen molar-refractivity contribution in [2.24, 2.45) is 0 Å². The molecule has 0 radical (unpaired) electrons. The molecule has 0 amide bonds. The van der Waals surface area contributed by atoms with Gasteiger partial charge in [0.1, 0.15) is 5.75 Å². The Kier molecular flexibility index (Phi) is 8.65. The molecule has 1 fully saturated rings. The number of carbonyl (C=O) groups excluding carboxylic acids is 1. The van der Waals surface area contributed by atoms with Crippen LogP contribution < -0.4 is 20.7 Å². The molecule has 1 aromatic carbocycles. The van der Waals surface area contributed by atoms with Gasteiger partial charge in [0.2, 0.25) is 0 Å². The standard InChI is InChI=1S/C17H28N4O2/c22-17(23-16-4-2-1-3-5-16)6-13-21-14-11-19-9-7-18-8-10-20-12-15-21/h1-5,18-20H,6-15H2. The van der Waals surface area contributed by atoms with E-state index in [0.29, 0.717) is 12.2 Å². The number of benzene rings is 1. The van der Waals surface area contributed by atoms with Gasteiger partial charge in [-0.2, -0.15) is 0 Å². The molecule has 6 heteroatoms. The van der Waals surface area contributed by atoms with Gasteiger partial charge in [0, 0.05) is 58.9 Å². The molecule has 0 bridgehead atoms. The van der Waals surface area contributed by atoms with Gasteiger partial charge in [0.15, 0.2) is 0 Å². The van der Waals surface area contributed by atoms with Crippen molar-refractivity contribution < 1.29 is 9.53 Å². The molecule has 128 valence electrons. The molecule has 1 aliphatic rings. The van der Waals surface area contributed by atoms with Gasteiger partial charge in [-0.05, 0) is 12.1 Å². The number of ether oxygens (including phenoxy) is 1. The SMILES string of the molecule is O=C(CCN1CCNCCNCCNCC1)Oc1ccccc1. The Balaban J connectivity index is 1.71. The second-order valence-electron chi connectivity index (χ2n) is 5.63. The molecular formula is C17H28N4O2. The summed E-state index contributed by atoms with van der Waals surface area (Å²) in [4.78, 5) is 14.3. The Hall–Kier alpha value is -1.47. The third-order valence-electron chi connectivity index (χ3n) is 3.77. The summed E-state index contributed by atoms with van der Waals surface area (Å²) in [6.45, 7) is 8.43. The van der Waals surface area contributed by atoms with Crippen molar-refractivity contribution in [3.63, 3.8) is 0 Å². The van der Waals surface area contributed by atoms with E-state index in [-0.39, 0.29) is 5.97 Å². The second kappa shape index (κ2) is 11.1. The highest BCUT2D eigenvalue weighted by atomic mass is 16.5. The van der Waals surface area contributed by atoms with Crippen LogP contribution in [-0.2, 0) is 4.79 Å². The maximum atomic E-state index is 11.9. The number of esters is 1. The second-order valence-corrected chi connectivity index (χ2v) is 5.63. The number of para-hydroxylation sites is 1. The van der Waals surface area contributed by atoms with Crippen LogP contribution in [0.25, 0.3) is 0 Å². The summed E-state index contributed by atoms with van der Waals surface area (Å²) in [5.41, 5.74) is 0. The zero-order chi connectivity index (χ0) is 16.2. The fourth-order valence-electron chi connectivity index (χ4n) is 2.46. The van der Waals surface area contributed by atoms with Crippen LogP contribution in [0.2, 0.25) is 0 Å². The van der Waals surface area contributed by atoms with E-state index in [1.165, 1.54) is 0 Å². The molecule has 6 nitrogen and oxygen atoms in total. The highest BCUT2D eigenvalue weighted by molar-refractivity contribution is 5.72. The molecule has 0 aromatic heterocycles. The van der Waals surface area contributed by atoms with Crippen LogP contribution in [0, 0.1) is 0 Å². The minimum absolute atomic E-state index is 0.174. The smallest absolute Gasteiger partial charge is 0.312 e. The number of hydrogen-bond acceptors (Lipinski definition) is 6. The third kappa shape index (κ3) is 8.08. The van der Waals surface area contributed by atoms with Crippen molar-refractivity contribution >= 4 is 5.97 Å². The lowest BCUT2D eigenvalue weighted by molar-refractivity contribution is -0.134. The van der Waals surface area contributed by atoms with Crippen molar-refractivity contribution in [1.29, 1.82) is 0 Å². The van der Waals surface area contributed by atoms with Gasteiger partial charge < -0.3 is 25.6 Å². The van der Waals surface area contributed by atoms with Crippen molar-refractivity contribution in [1.82, 2.24) is 20.9 Å². The summed E-state index contributed by atoms with van der Waals surface area (Å²) in [6, 6.07) is 9.24. The summed E-state index contributed by atoms with van der Waals surface area (Å²) in [6.07, 6.45) is 0.413. The molecule has 0 saturated carbocycles.